The van der Waals surface area contributed by atoms with E-state index in [-0.39, 0.29) is 11.6 Å². The summed E-state index contributed by atoms with van der Waals surface area (Å²) in [7, 11) is 3.60. The summed E-state index contributed by atoms with van der Waals surface area (Å²) in [6.45, 7) is 7.00. The van der Waals surface area contributed by atoms with Crippen LogP contribution < -0.4 is 15.4 Å². The molecule has 1 saturated heterocycles. The Bertz CT molecular complexity index is 853. The van der Waals surface area contributed by atoms with Crippen LogP contribution in [0.25, 0.3) is 0 Å². The van der Waals surface area contributed by atoms with E-state index in [9.17, 15) is 4.79 Å². The Labute approximate surface area is 166 Å². The lowest BCUT2D eigenvalue weighted by Crippen LogP contribution is -2.41. The minimum atomic E-state index is -0.0678. The van der Waals surface area contributed by atoms with Crippen molar-refractivity contribution in [1.29, 1.82) is 0 Å². The highest BCUT2D eigenvalue weighted by Gasteiger charge is 2.24. The molecule has 28 heavy (non-hydrogen) atoms. The largest absolute Gasteiger partial charge is 0.383 e. The molecular formula is C20H30N6O2. The zero-order chi connectivity index (χ0) is 20.1. The minimum absolute atomic E-state index is 0.0416. The van der Waals surface area contributed by atoms with Gasteiger partial charge in [-0.3, -0.25) is 4.79 Å². The predicted molar refractivity (Wildman–Crippen MR) is 110 cm³/mol. The van der Waals surface area contributed by atoms with E-state index in [1.807, 2.05) is 18.9 Å². The lowest BCUT2D eigenvalue weighted by molar-refractivity contribution is 0.206. The first-order valence-electron chi connectivity index (χ1n) is 9.90. The fraction of sp³-hybridized carbons (Fsp3) is 0.600. The molecule has 0 N–H and O–H groups in total. The van der Waals surface area contributed by atoms with E-state index >= 15 is 0 Å². The SMILES string of the molecule is CCc1cc(N2CCCC(n3ncc(N(C)CCOC)cc3=O)C2)nc(C)n1. The highest BCUT2D eigenvalue weighted by molar-refractivity contribution is 5.42. The lowest BCUT2D eigenvalue weighted by Gasteiger charge is -2.34. The smallest absolute Gasteiger partial charge is 0.269 e. The first-order chi connectivity index (χ1) is 13.5. The third kappa shape index (κ3) is 4.67. The van der Waals surface area contributed by atoms with Crippen LogP contribution in [0.5, 0.6) is 0 Å². The topological polar surface area (TPSA) is 76.4 Å². The standard InChI is InChI=1S/C20H30N6O2/c1-5-16-11-19(23-15(2)22-16)25-8-6-7-17(14-25)26-20(27)12-18(13-21-26)24(3)9-10-28-4/h11-13,17H,5-10,14H2,1-4H3. The van der Waals surface area contributed by atoms with Gasteiger partial charge in [0.1, 0.15) is 11.6 Å². The fourth-order valence-corrected chi connectivity index (χ4v) is 3.57. The molecule has 0 spiro atoms. The van der Waals surface area contributed by atoms with E-state index in [1.165, 1.54) is 0 Å². The summed E-state index contributed by atoms with van der Waals surface area (Å²) in [4.78, 5) is 26.0. The van der Waals surface area contributed by atoms with Crippen molar-refractivity contribution < 1.29 is 4.74 Å². The van der Waals surface area contributed by atoms with Gasteiger partial charge >= 0.3 is 0 Å². The van der Waals surface area contributed by atoms with Gasteiger partial charge in [0.25, 0.3) is 5.56 Å². The average molecular weight is 387 g/mol. The molecule has 0 amide bonds. The number of aromatic nitrogens is 4. The maximum absolute atomic E-state index is 12.7. The highest BCUT2D eigenvalue weighted by Crippen LogP contribution is 2.24. The molecule has 0 saturated carbocycles. The molecule has 2 aromatic rings. The van der Waals surface area contributed by atoms with Crippen LogP contribution >= 0.6 is 0 Å². The molecule has 1 aliphatic rings. The number of hydrogen-bond acceptors (Lipinski definition) is 7. The molecule has 0 bridgehead atoms. The molecule has 1 fully saturated rings. The van der Waals surface area contributed by atoms with Crippen LogP contribution in [0.2, 0.25) is 0 Å². The summed E-state index contributed by atoms with van der Waals surface area (Å²) in [6, 6.07) is 3.75. The number of piperidine rings is 1. The van der Waals surface area contributed by atoms with Crippen LogP contribution in [0.15, 0.2) is 23.1 Å². The summed E-state index contributed by atoms with van der Waals surface area (Å²) in [6.07, 6.45) is 4.58. The molecule has 0 aliphatic carbocycles. The van der Waals surface area contributed by atoms with Crippen molar-refractivity contribution in [2.24, 2.45) is 0 Å². The number of rotatable bonds is 7. The normalized spacial score (nSPS) is 17.0. The van der Waals surface area contributed by atoms with E-state index in [4.69, 9.17) is 4.74 Å². The second kappa shape index (κ2) is 9.14. The van der Waals surface area contributed by atoms with Crippen LogP contribution in [0, 0.1) is 6.92 Å². The molecule has 1 unspecified atom stereocenters. The molecule has 3 heterocycles. The van der Waals surface area contributed by atoms with Gasteiger partial charge in [0.2, 0.25) is 0 Å². The summed E-state index contributed by atoms with van der Waals surface area (Å²) < 4.78 is 6.72. The van der Waals surface area contributed by atoms with Gasteiger partial charge in [-0.25, -0.2) is 14.6 Å². The van der Waals surface area contributed by atoms with E-state index in [0.29, 0.717) is 13.2 Å². The minimum Gasteiger partial charge on any atom is -0.383 e. The number of aryl methyl sites for hydroxylation is 2. The highest BCUT2D eigenvalue weighted by atomic mass is 16.5. The Morgan fingerprint density at radius 1 is 1.32 bits per heavy atom. The van der Waals surface area contributed by atoms with Gasteiger partial charge in [-0.05, 0) is 26.2 Å². The van der Waals surface area contributed by atoms with Gasteiger partial charge < -0.3 is 14.5 Å². The van der Waals surface area contributed by atoms with Crippen molar-refractivity contribution in [2.75, 3.05) is 50.2 Å². The Balaban J connectivity index is 1.77. The van der Waals surface area contributed by atoms with Crippen LogP contribution in [0.1, 0.15) is 37.3 Å². The van der Waals surface area contributed by atoms with Gasteiger partial charge in [-0.1, -0.05) is 6.92 Å². The molecule has 2 aromatic heterocycles. The second-order valence-corrected chi connectivity index (χ2v) is 7.27. The van der Waals surface area contributed by atoms with Gasteiger partial charge in [0.05, 0.1) is 24.5 Å². The van der Waals surface area contributed by atoms with Gasteiger partial charge in [0, 0.05) is 51.6 Å². The fourth-order valence-electron chi connectivity index (χ4n) is 3.57. The van der Waals surface area contributed by atoms with Crippen molar-refractivity contribution in [3.05, 3.63) is 40.2 Å². The zero-order valence-corrected chi connectivity index (χ0v) is 17.3. The summed E-state index contributed by atoms with van der Waals surface area (Å²) in [5.41, 5.74) is 1.79. The second-order valence-electron chi connectivity index (χ2n) is 7.27. The number of methoxy groups -OCH3 is 1. The number of anilines is 2. The van der Waals surface area contributed by atoms with Gasteiger partial charge in [-0.2, -0.15) is 5.10 Å². The number of nitrogens with zero attached hydrogens (tertiary/aromatic N) is 6. The molecule has 1 atom stereocenters. The molecule has 0 aromatic carbocycles. The molecule has 3 rings (SSSR count). The van der Waals surface area contributed by atoms with Crippen LogP contribution in [0.3, 0.4) is 0 Å². The third-order valence-corrected chi connectivity index (χ3v) is 5.19. The van der Waals surface area contributed by atoms with E-state index in [2.05, 4.69) is 33.0 Å². The predicted octanol–water partition coefficient (Wildman–Crippen LogP) is 1.83. The van der Waals surface area contributed by atoms with Crippen molar-refractivity contribution >= 4 is 11.5 Å². The van der Waals surface area contributed by atoms with Gasteiger partial charge in [0.15, 0.2) is 0 Å². The summed E-state index contributed by atoms with van der Waals surface area (Å²) in [5.74, 6) is 1.73. The van der Waals surface area contributed by atoms with Crippen molar-refractivity contribution in [1.82, 2.24) is 19.7 Å². The molecule has 8 nitrogen and oxygen atoms in total. The molecule has 1 aliphatic heterocycles. The Morgan fingerprint density at radius 2 is 2.14 bits per heavy atom. The molecular weight excluding hydrogens is 356 g/mol. The van der Waals surface area contributed by atoms with E-state index in [0.717, 1.165) is 55.4 Å². The van der Waals surface area contributed by atoms with E-state index < -0.39 is 0 Å². The molecule has 0 radical (unpaired) electrons. The lowest BCUT2D eigenvalue weighted by atomic mass is 10.1. The molecule has 8 heteroatoms. The Hall–Kier alpha value is -2.48. The Morgan fingerprint density at radius 3 is 2.86 bits per heavy atom. The Kier molecular flexibility index (Phi) is 6.61. The maximum atomic E-state index is 12.7. The number of likely N-dealkylation sites (N-methyl/N-ethyl adjacent to an activating group) is 1. The number of ether oxygens (including phenoxy) is 1. The van der Waals surface area contributed by atoms with Crippen molar-refractivity contribution in [3.8, 4) is 0 Å². The van der Waals surface area contributed by atoms with E-state index in [1.54, 1.807) is 24.1 Å². The van der Waals surface area contributed by atoms with Crippen LogP contribution in [-0.4, -0.2) is 60.1 Å². The zero-order valence-electron chi connectivity index (χ0n) is 17.3. The van der Waals surface area contributed by atoms with Crippen LogP contribution in [-0.2, 0) is 11.2 Å². The molecule has 152 valence electrons. The first-order valence-corrected chi connectivity index (χ1v) is 9.90. The summed E-state index contributed by atoms with van der Waals surface area (Å²) >= 11 is 0. The summed E-state index contributed by atoms with van der Waals surface area (Å²) in [5, 5.41) is 4.47. The first kappa shape index (κ1) is 20.3. The van der Waals surface area contributed by atoms with Crippen molar-refractivity contribution in [3.63, 3.8) is 0 Å². The van der Waals surface area contributed by atoms with Gasteiger partial charge in [-0.15, -0.1) is 0 Å². The third-order valence-electron chi connectivity index (χ3n) is 5.19. The average Bonchev–Trinajstić information content (AvgIpc) is 2.71. The monoisotopic (exact) mass is 386 g/mol. The maximum Gasteiger partial charge on any atom is 0.269 e. The quantitative estimate of drug-likeness (QED) is 0.718. The van der Waals surface area contributed by atoms with Crippen LogP contribution in [0.4, 0.5) is 11.5 Å². The van der Waals surface area contributed by atoms with Crippen molar-refractivity contribution in [2.45, 2.75) is 39.2 Å². The number of hydrogen-bond donors (Lipinski definition) is 0.